The highest BCUT2D eigenvalue weighted by atomic mass is 35.5. The zero-order valence-corrected chi connectivity index (χ0v) is 23.0. The lowest BCUT2D eigenvalue weighted by molar-refractivity contribution is -0.00675. The van der Waals surface area contributed by atoms with E-state index in [2.05, 4.69) is 9.62 Å². The summed E-state index contributed by atoms with van der Waals surface area (Å²) in [5, 5.41) is 11.6. The molecule has 2 aliphatic heterocycles. The van der Waals surface area contributed by atoms with Crippen molar-refractivity contribution in [2.75, 3.05) is 37.0 Å². The summed E-state index contributed by atoms with van der Waals surface area (Å²) < 4.78 is 38.9. The van der Waals surface area contributed by atoms with Gasteiger partial charge in [0.25, 0.3) is 5.91 Å². The number of aryl methyl sites for hydroxylation is 1. The number of nitrogens with one attached hydrogen (secondary N) is 1. The van der Waals surface area contributed by atoms with Crippen molar-refractivity contribution in [2.24, 2.45) is 11.8 Å². The second-order valence-corrected chi connectivity index (χ2v) is 12.8. The van der Waals surface area contributed by atoms with Gasteiger partial charge in [-0.2, -0.15) is 0 Å². The Balaban J connectivity index is 1.51. The summed E-state index contributed by atoms with van der Waals surface area (Å²) in [5.74, 6) is 0.106. The first-order valence-electron chi connectivity index (χ1n) is 13.4. The largest absolute Gasteiger partial charge is 0.487 e. The normalized spacial score (nSPS) is 26.4. The van der Waals surface area contributed by atoms with Crippen molar-refractivity contribution in [3.8, 4) is 5.75 Å². The molecule has 2 aromatic carbocycles. The Morgan fingerprint density at radius 3 is 2.71 bits per heavy atom. The van der Waals surface area contributed by atoms with Gasteiger partial charge in [-0.3, -0.25) is 4.79 Å². The van der Waals surface area contributed by atoms with Gasteiger partial charge < -0.3 is 19.5 Å². The molecule has 2 N–H and O–H groups in total. The number of aliphatic hydroxyl groups excluding tert-OH is 1. The number of carbonyl (C=O) groups is 1. The maximum absolute atomic E-state index is 13.0. The number of aliphatic hydroxyl groups is 1. The third-order valence-electron chi connectivity index (χ3n) is 7.97. The molecule has 0 unspecified atom stereocenters. The molecule has 2 heterocycles. The first-order chi connectivity index (χ1) is 18.3. The summed E-state index contributed by atoms with van der Waals surface area (Å²) in [4.78, 5) is 15.2. The summed E-state index contributed by atoms with van der Waals surface area (Å²) >= 11 is 6.27. The molecule has 3 atom stereocenters. The van der Waals surface area contributed by atoms with E-state index in [-0.39, 0.29) is 30.4 Å². The Morgan fingerprint density at radius 1 is 1.03 bits per heavy atom. The number of nitrogens with zero attached hydrogens (tertiary/aromatic N) is 1. The molecule has 3 aliphatic rings. The van der Waals surface area contributed by atoms with Crippen molar-refractivity contribution in [3.63, 3.8) is 0 Å². The number of hydrogen-bond acceptors (Lipinski definition) is 7. The monoisotopic (exact) mass is 562 g/mol. The van der Waals surface area contributed by atoms with Crippen molar-refractivity contribution in [2.45, 2.75) is 51.2 Å². The first-order valence-corrected chi connectivity index (χ1v) is 15.4. The molecule has 2 bridgehead atoms. The molecular weight excluding hydrogens is 528 g/mol. The van der Waals surface area contributed by atoms with Crippen LogP contribution in [-0.2, 0) is 27.8 Å². The molecule has 38 heavy (non-hydrogen) atoms. The van der Waals surface area contributed by atoms with Gasteiger partial charge in [-0.05, 0) is 91.8 Å². The minimum atomic E-state index is -3.87. The van der Waals surface area contributed by atoms with Gasteiger partial charge in [0.05, 0.1) is 24.2 Å². The lowest BCUT2D eigenvalue weighted by Gasteiger charge is -2.43. The highest BCUT2D eigenvalue weighted by Gasteiger charge is 2.37. The van der Waals surface area contributed by atoms with Crippen LogP contribution in [0.15, 0.2) is 36.4 Å². The van der Waals surface area contributed by atoms with Crippen LogP contribution in [0.2, 0.25) is 5.02 Å². The van der Waals surface area contributed by atoms with Crippen molar-refractivity contribution >= 4 is 33.2 Å². The van der Waals surface area contributed by atoms with Crippen molar-refractivity contribution in [1.82, 2.24) is 4.72 Å². The summed E-state index contributed by atoms with van der Waals surface area (Å²) in [6.07, 6.45) is 4.71. The number of fused-ring (bicyclic) bond motifs is 3. The molecule has 10 heteroatoms. The number of ether oxygens (including phenoxy) is 2. The quantitative estimate of drug-likeness (QED) is 0.501. The molecule has 206 valence electrons. The van der Waals surface area contributed by atoms with Gasteiger partial charge in [0.2, 0.25) is 10.0 Å². The van der Waals surface area contributed by atoms with Crippen LogP contribution in [0.3, 0.4) is 0 Å². The van der Waals surface area contributed by atoms with Crippen LogP contribution in [0.25, 0.3) is 0 Å². The summed E-state index contributed by atoms with van der Waals surface area (Å²) in [6, 6.07) is 10.9. The first kappa shape index (κ1) is 27.2. The molecule has 2 aromatic rings. The van der Waals surface area contributed by atoms with Crippen LogP contribution in [0, 0.1) is 11.8 Å². The van der Waals surface area contributed by atoms with Crippen LogP contribution >= 0.6 is 11.6 Å². The highest BCUT2D eigenvalue weighted by molar-refractivity contribution is 7.90. The van der Waals surface area contributed by atoms with Gasteiger partial charge >= 0.3 is 0 Å². The third-order valence-corrected chi connectivity index (χ3v) is 9.40. The minimum Gasteiger partial charge on any atom is -0.487 e. The van der Waals surface area contributed by atoms with Crippen LogP contribution in [0.1, 0.15) is 53.6 Å². The van der Waals surface area contributed by atoms with E-state index in [0.29, 0.717) is 29.7 Å². The van der Waals surface area contributed by atoms with Crippen LogP contribution in [-0.4, -0.2) is 57.6 Å². The Kier molecular flexibility index (Phi) is 8.47. The molecule has 0 radical (unpaired) electrons. The molecule has 0 aromatic heterocycles. The number of halogens is 1. The molecule has 0 spiro atoms. The standard InChI is InChI=1S/C28H35ClN2O6S/c29-23-7-4-22-18-37-27-9-6-20-16-25(27)31(11-2-1-3-19(22)15-23)17-21-5-8-24(21)26(32)10-12-36-13-14-38(34,35)30-28(20)33/h4,6-7,9,15-16,21,24,26,32H,1-3,5,8,10-14,17-18H2,(H,30,33)/t21-,24+,26-/m0/s1. The van der Waals surface area contributed by atoms with E-state index < -0.39 is 22.0 Å². The summed E-state index contributed by atoms with van der Waals surface area (Å²) in [7, 11) is -3.87. The van der Waals surface area contributed by atoms with Gasteiger partial charge in [0.15, 0.2) is 0 Å². The fourth-order valence-electron chi connectivity index (χ4n) is 5.63. The smallest absolute Gasteiger partial charge is 0.264 e. The second-order valence-electron chi connectivity index (χ2n) is 10.5. The summed E-state index contributed by atoms with van der Waals surface area (Å²) in [5.41, 5.74) is 3.26. The van der Waals surface area contributed by atoms with Crippen LogP contribution < -0.4 is 14.4 Å². The third kappa shape index (κ3) is 6.45. The Labute approximate surface area is 229 Å². The Morgan fingerprint density at radius 2 is 1.89 bits per heavy atom. The SMILES string of the molecule is O=C1NS(=O)(=O)CCOCC[C@H](O)[C@@H]2CC[C@H]2CN2CCCCc3cc(Cl)ccc3COc3ccc1cc32. The van der Waals surface area contributed by atoms with Gasteiger partial charge in [0.1, 0.15) is 12.4 Å². The summed E-state index contributed by atoms with van der Waals surface area (Å²) in [6.45, 7) is 2.07. The number of anilines is 1. The van der Waals surface area contributed by atoms with Crippen LogP contribution in [0.5, 0.6) is 5.75 Å². The lowest BCUT2D eigenvalue weighted by Crippen LogP contribution is -2.44. The number of amides is 1. The van der Waals surface area contributed by atoms with E-state index in [1.54, 1.807) is 18.2 Å². The Bertz CT molecular complexity index is 1270. The van der Waals surface area contributed by atoms with Crippen molar-refractivity contribution in [3.05, 3.63) is 58.1 Å². The fourth-order valence-corrected chi connectivity index (χ4v) is 6.67. The lowest BCUT2D eigenvalue weighted by atomic mass is 9.69. The molecule has 1 fully saturated rings. The van der Waals surface area contributed by atoms with Gasteiger partial charge in [-0.15, -0.1) is 0 Å². The number of hydrogen-bond donors (Lipinski definition) is 2. The van der Waals surface area contributed by atoms with Gasteiger partial charge in [0, 0.05) is 30.3 Å². The van der Waals surface area contributed by atoms with E-state index in [1.807, 2.05) is 18.2 Å². The molecule has 0 saturated heterocycles. The average molecular weight is 563 g/mol. The predicted octanol–water partition coefficient (Wildman–Crippen LogP) is 3.93. The van der Waals surface area contributed by atoms with E-state index in [9.17, 15) is 18.3 Å². The van der Waals surface area contributed by atoms with Gasteiger partial charge in [-0.25, -0.2) is 13.1 Å². The topological polar surface area (TPSA) is 105 Å². The van der Waals surface area contributed by atoms with E-state index in [0.717, 1.165) is 56.4 Å². The molecule has 1 amide bonds. The van der Waals surface area contributed by atoms with Gasteiger partial charge in [-0.1, -0.05) is 17.7 Å². The van der Waals surface area contributed by atoms with Crippen molar-refractivity contribution < 1.29 is 27.8 Å². The second kappa shape index (κ2) is 11.8. The van der Waals surface area contributed by atoms with E-state index >= 15 is 0 Å². The molecule has 5 rings (SSSR count). The molecule has 1 aliphatic carbocycles. The number of carbonyl (C=O) groups excluding carboxylic acids is 1. The molecule has 8 nitrogen and oxygen atoms in total. The average Bonchev–Trinajstić information content (AvgIpc) is 2.88. The number of benzene rings is 2. The van der Waals surface area contributed by atoms with E-state index in [4.69, 9.17) is 21.1 Å². The highest BCUT2D eigenvalue weighted by Crippen LogP contribution is 2.41. The number of sulfonamides is 1. The van der Waals surface area contributed by atoms with E-state index in [1.165, 1.54) is 5.56 Å². The molecule has 1 saturated carbocycles. The van der Waals surface area contributed by atoms with Crippen molar-refractivity contribution in [1.29, 1.82) is 0 Å². The zero-order valence-electron chi connectivity index (χ0n) is 21.4. The van der Waals surface area contributed by atoms with Crippen LogP contribution in [0.4, 0.5) is 5.69 Å². The Hall–Kier alpha value is -2.33. The fraction of sp³-hybridized carbons (Fsp3) is 0.536. The maximum atomic E-state index is 13.0. The zero-order chi connectivity index (χ0) is 26.7. The maximum Gasteiger partial charge on any atom is 0.264 e. The number of rotatable bonds is 0. The predicted molar refractivity (Wildman–Crippen MR) is 146 cm³/mol. The minimum absolute atomic E-state index is 0.0398. The molecular formula is C28H35ClN2O6S.